The molecule has 0 bridgehead atoms. The molecule has 5 N–H and O–H groups in total. The Hall–Kier alpha value is -5.74. The molecule has 13 nitrogen and oxygen atoms in total. The van der Waals surface area contributed by atoms with Crippen molar-refractivity contribution in [3.05, 3.63) is 102 Å². The van der Waals surface area contributed by atoms with Crippen LogP contribution in [0.1, 0.15) is 11.1 Å². The lowest BCUT2D eigenvalue weighted by Crippen LogP contribution is -2.19. The highest BCUT2D eigenvalue weighted by Crippen LogP contribution is 2.38. The fraction of sp³-hybridized carbons (Fsp3) is 0.0588. The molecule has 0 aliphatic heterocycles. The number of nitrogens with zero attached hydrogens (tertiary/aromatic N) is 3. The quantitative estimate of drug-likeness (QED) is 0.0419. The zero-order valence-electron chi connectivity index (χ0n) is 25.8. The van der Waals surface area contributed by atoms with E-state index >= 15 is 0 Å². The van der Waals surface area contributed by atoms with Crippen LogP contribution in [0.5, 0.6) is 11.5 Å². The highest BCUT2D eigenvalue weighted by molar-refractivity contribution is 7.86. The van der Waals surface area contributed by atoms with Crippen LogP contribution in [0.15, 0.2) is 116 Å². The van der Waals surface area contributed by atoms with E-state index in [-0.39, 0.29) is 32.8 Å². The summed E-state index contributed by atoms with van der Waals surface area (Å²) in [6.45, 7) is 0. The number of fused-ring (bicyclic) bond motifs is 2. The topological polar surface area (TPSA) is 202 Å². The minimum atomic E-state index is -4.78. The number of anilines is 2. The van der Waals surface area contributed by atoms with Crippen molar-refractivity contribution in [2.24, 2.45) is 15.3 Å². The molecule has 0 spiro atoms. The van der Waals surface area contributed by atoms with E-state index in [1.54, 1.807) is 24.3 Å². The van der Waals surface area contributed by atoms with Crippen molar-refractivity contribution in [2.45, 2.75) is 9.79 Å². The zero-order valence-corrected chi connectivity index (χ0v) is 27.5. The molecule has 0 saturated carbocycles. The van der Waals surface area contributed by atoms with Gasteiger partial charge in [-0.25, -0.2) is 4.21 Å². The summed E-state index contributed by atoms with van der Waals surface area (Å²) in [4.78, 5) is 11.6. The third kappa shape index (κ3) is 6.68. The maximum Gasteiger partial charge on any atom is 0.296 e. The van der Waals surface area contributed by atoms with Crippen LogP contribution in [-0.4, -0.2) is 47.4 Å². The number of nitrogens with one attached hydrogen (secondary N) is 1. The number of allylic oxidation sites excluding steroid dienone is 1. The van der Waals surface area contributed by atoms with Crippen LogP contribution in [0.25, 0.3) is 28.0 Å². The molecule has 0 radical (unpaired) electrons. The fourth-order valence-corrected chi connectivity index (χ4v) is 6.59. The molecular weight excluding hydrogens is 671 g/mol. The Balaban J connectivity index is 1.28. The van der Waals surface area contributed by atoms with Crippen molar-refractivity contribution in [1.29, 1.82) is 0 Å². The summed E-state index contributed by atoms with van der Waals surface area (Å²) in [6.07, 6.45) is 3.24. The highest BCUT2D eigenvalue weighted by atomic mass is 32.2. The summed E-state index contributed by atoms with van der Waals surface area (Å²) >= 11 is -2.57. The van der Waals surface area contributed by atoms with Crippen molar-refractivity contribution in [1.82, 2.24) is 0 Å². The van der Waals surface area contributed by atoms with Crippen molar-refractivity contribution in [2.75, 3.05) is 25.4 Å². The number of azo groups is 1. The minimum Gasteiger partial charge on any atom is -0.494 e. The van der Waals surface area contributed by atoms with Crippen LogP contribution in [0, 0.1) is 0 Å². The molecule has 6 rings (SSSR count). The Bertz CT molecular complexity index is 2390. The maximum atomic E-state index is 12.6. The number of nitrogens with two attached hydrogens (primary N) is 1. The molecule has 0 heterocycles. The third-order valence-corrected chi connectivity index (χ3v) is 9.30. The molecule has 49 heavy (non-hydrogen) atoms. The number of ketones is 1. The molecule has 1 aliphatic rings. The first-order valence-corrected chi connectivity index (χ1v) is 16.9. The molecule has 0 aromatic heterocycles. The first-order valence-electron chi connectivity index (χ1n) is 14.4. The molecule has 0 saturated heterocycles. The second-order valence-corrected chi connectivity index (χ2v) is 12.9. The summed E-state index contributed by atoms with van der Waals surface area (Å²) in [5, 5.41) is 13.2. The van der Waals surface area contributed by atoms with Gasteiger partial charge < -0.3 is 19.8 Å². The van der Waals surface area contributed by atoms with E-state index in [0.717, 1.165) is 28.3 Å². The van der Waals surface area contributed by atoms with Crippen LogP contribution >= 0.6 is 0 Å². The van der Waals surface area contributed by atoms with Gasteiger partial charge in [-0.1, -0.05) is 48.5 Å². The fourth-order valence-electron chi connectivity index (χ4n) is 5.28. The van der Waals surface area contributed by atoms with E-state index in [1.807, 2.05) is 42.5 Å². The number of hydrazone groups is 1. The molecule has 5 aromatic rings. The van der Waals surface area contributed by atoms with Gasteiger partial charge in [0.25, 0.3) is 10.1 Å². The van der Waals surface area contributed by atoms with Gasteiger partial charge in [-0.3, -0.25) is 14.8 Å². The van der Waals surface area contributed by atoms with Crippen LogP contribution in [0.2, 0.25) is 0 Å². The van der Waals surface area contributed by atoms with Gasteiger partial charge in [0.15, 0.2) is 11.1 Å². The Morgan fingerprint density at radius 1 is 0.837 bits per heavy atom. The van der Waals surface area contributed by atoms with Crippen molar-refractivity contribution in [3.63, 3.8) is 0 Å². The molecule has 0 fully saturated rings. The van der Waals surface area contributed by atoms with Gasteiger partial charge >= 0.3 is 0 Å². The van der Waals surface area contributed by atoms with Crippen molar-refractivity contribution < 1.29 is 36.0 Å². The Morgan fingerprint density at radius 3 is 2.27 bits per heavy atom. The second kappa shape index (κ2) is 13.4. The smallest absolute Gasteiger partial charge is 0.296 e. The van der Waals surface area contributed by atoms with E-state index in [2.05, 4.69) is 20.8 Å². The van der Waals surface area contributed by atoms with Crippen LogP contribution < -0.4 is 20.6 Å². The lowest BCUT2D eigenvalue weighted by molar-refractivity contribution is -0.108. The average molecular weight is 698 g/mol. The van der Waals surface area contributed by atoms with E-state index in [1.165, 1.54) is 38.5 Å². The number of benzene rings is 5. The van der Waals surface area contributed by atoms with Crippen molar-refractivity contribution >= 4 is 72.3 Å². The number of ether oxygens (including phenoxy) is 2. The normalized spacial score (nSPS) is 14.3. The van der Waals surface area contributed by atoms with E-state index in [4.69, 9.17) is 15.2 Å². The first kappa shape index (κ1) is 33.2. The maximum absolute atomic E-state index is 12.6. The Kier molecular flexibility index (Phi) is 9.07. The van der Waals surface area contributed by atoms with Gasteiger partial charge in [0.2, 0.25) is 5.78 Å². The molecule has 5 aromatic carbocycles. The predicted octanol–water partition coefficient (Wildman–Crippen LogP) is 6.76. The van der Waals surface area contributed by atoms with Crippen LogP contribution in [0.4, 0.5) is 22.7 Å². The number of rotatable bonds is 9. The summed E-state index contributed by atoms with van der Waals surface area (Å²) in [5.74, 6) is 0.663. The summed E-state index contributed by atoms with van der Waals surface area (Å²) in [6, 6.07) is 23.4. The zero-order chi connectivity index (χ0) is 34.9. The second-order valence-electron chi connectivity index (χ2n) is 10.6. The molecular formula is C34H27N5O8S2. The van der Waals surface area contributed by atoms with E-state index < -0.39 is 26.1 Å². The molecule has 0 amide bonds. The van der Waals surface area contributed by atoms with Crippen molar-refractivity contribution in [3.8, 4) is 22.6 Å². The van der Waals surface area contributed by atoms with Gasteiger partial charge in [0.05, 0.1) is 36.2 Å². The third-order valence-electron chi connectivity index (χ3n) is 7.69. The predicted molar refractivity (Wildman–Crippen MR) is 187 cm³/mol. The van der Waals surface area contributed by atoms with Gasteiger partial charge in [-0.15, -0.1) is 5.11 Å². The van der Waals surface area contributed by atoms with E-state index in [9.17, 15) is 26.5 Å². The van der Waals surface area contributed by atoms with Crippen LogP contribution in [-0.2, 0) is 26.0 Å². The largest absolute Gasteiger partial charge is 0.494 e. The monoisotopic (exact) mass is 697 g/mol. The lowest BCUT2D eigenvalue weighted by Gasteiger charge is -2.14. The van der Waals surface area contributed by atoms with Gasteiger partial charge in [0.1, 0.15) is 27.8 Å². The standard InChI is InChI=1S/C34H27N5O8S2/c1-46-29-15-20(21-8-13-27(30(16-21)47-2)38-39-34-23-6-4-3-5-19(23)9-14-28(34)40)7-12-26(29)37-36-22-10-11-24-25(17-22)33(35)32(49(43,44)45)18-31(24)48(41)42/h3-18,38H,35H2,1-2H3,(H,41,42)(H,43,44,45)/b37-36?,39-34+. The summed E-state index contributed by atoms with van der Waals surface area (Å²) in [7, 11) is -1.78. The number of nitrogen functional groups attached to an aromatic ring is 1. The Morgan fingerprint density at radius 2 is 1.55 bits per heavy atom. The highest BCUT2D eigenvalue weighted by Gasteiger charge is 2.22. The van der Waals surface area contributed by atoms with E-state index in [0.29, 0.717) is 28.6 Å². The number of hydrogen-bond donors (Lipinski definition) is 4. The van der Waals surface area contributed by atoms with Gasteiger partial charge in [-0.2, -0.15) is 18.6 Å². The number of methoxy groups -OCH3 is 2. The number of carbonyl (C=O) groups is 1. The van der Waals surface area contributed by atoms with Gasteiger partial charge in [-0.05, 0) is 65.2 Å². The minimum absolute atomic E-state index is 0.0940. The molecule has 1 unspecified atom stereocenters. The molecule has 1 aliphatic carbocycles. The first-order chi connectivity index (χ1) is 23.5. The number of carbonyl (C=O) groups excluding carboxylic acids is 1. The Labute approximate surface area is 282 Å². The number of hydrogen-bond acceptors (Lipinski definition) is 11. The average Bonchev–Trinajstić information content (AvgIpc) is 3.09. The van der Waals surface area contributed by atoms with Gasteiger partial charge in [0, 0.05) is 16.3 Å². The molecule has 1 atom stereocenters. The molecule has 15 heteroatoms. The summed E-state index contributed by atoms with van der Waals surface area (Å²) in [5.41, 5.74) is 13.3. The SMILES string of the molecule is COc1cc(-c2ccc(N/N=C3/C(=O)C=Cc4ccccc43)c(OC)c2)ccc1N=Nc1ccc2c(S(=O)O)cc(S(=O)(=O)O)c(N)c2c1. The summed E-state index contributed by atoms with van der Waals surface area (Å²) < 4.78 is 66.1. The molecule has 248 valence electrons. The lowest BCUT2D eigenvalue weighted by atomic mass is 9.95. The van der Waals surface area contributed by atoms with Crippen LogP contribution in [0.3, 0.4) is 0 Å².